The Morgan fingerprint density at radius 1 is 1.32 bits per heavy atom. The number of anilines is 1. The smallest absolute Gasteiger partial charge is 0.319 e. The van der Waals surface area contributed by atoms with Crippen LogP contribution in [0.25, 0.3) is 0 Å². The van der Waals surface area contributed by atoms with Gasteiger partial charge in [0.1, 0.15) is 4.83 Å². The molecule has 0 aromatic heterocycles. The molecule has 1 aromatic carbocycles. The maximum absolute atomic E-state index is 11.4. The molecule has 0 N–H and O–H groups in total. The van der Waals surface area contributed by atoms with Crippen molar-refractivity contribution in [2.75, 3.05) is 25.6 Å². The Balaban J connectivity index is 2.35. The second-order valence-corrected chi connectivity index (χ2v) is 5.78. The molecule has 106 valence electrons. The van der Waals surface area contributed by atoms with E-state index in [1.54, 1.807) is 0 Å². The standard InChI is InChI=1S/C15H22BrNO2/c1-4-19-15(18)14(16)7-5-6-12-8-10-13(11-9-12)17(2)3/h8-11,14H,4-7H2,1-3H3. The van der Waals surface area contributed by atoms with Crippen molar-refractivity contribution >= 4 is 27.6 Å². The van der Waals surface area contributed by atoms with Crippen molar-refractivity contribution in [3.8, 4) is 0 Å². The predicted octanol–water partition coefficient (Wildman–Crippen LogP) is 3.40. The Morgan fingerprint density at radius 3 is 2.47 bits per heavy atom. The number of esters is 1. The second-order valence-electron chi connectivity index (χ2n) is 4.67. The summed E-state index contributed by atoms with van der Waals surface area (Å²) in [6.45, 7) is 2.26. The molecule has 0 bridgehead atoms. The molecule has 1 unspecified atom stereocenters. The molecule has 0 aliphatic heterocycles. The summed E-state index contributed by atoms with van der Waals surface area (Å²) >= 11 is 3.37. The number of aryl methyl sites for hydroxylation is 1. The van der Waals surface area contributed by atoms with Crippen LogP contribution >= 0.6 is 15.9 Å². The molecule has 19 heavy (non-hydrogen) atoms. The molecule has 1 atom stereocenters. The summed E-state index contributed by atoms with van der Waals surface area (Å²) in [6.07, 6.45) is 2.75. The molecule has 1 rings (SSSR count). The van der Waals surface area contributed by atoms with Crippen LogP contribution in [0.1, 0.15) is 25.3 Å². The van der Waals surface area contributed by atoms with Gasteiger partial charge in [-0.25, -0.2) is 0 Å². The summed E-state index contributed by atoms with van der Waals surface area (Å²) in [7, 11) is 4.06. The van der Waals surface area contributed by atoms with Crippen LogP contribution in [0.15, 0.2) is 24.3 Å². The maximum Gasteiger partial charge on any atom is 0.319 e. The van der Waals surface area contributed by atoms with Gasteiger partial charge in [-0.3, -0.25) is 4.79 Å². The number of ether oxygens (including phenoxy) is 1. The molecule has 4 heteroatoms. The van der Waals surface area contributed by atoms with Gasteiger partial charge in [0, 0.05) is 19.8 Å². The van der Waals surface area contributed by atoms with E-state index in [1.165, 1.54) is 11.3 Å². The van der Waals surface area contributed by atoms with E-state index in [2.05, 4.69) is 45.1 Å². The fourth-order valence-corrected chi connectivity index (χ4v) is 2.25. The maximum atomic E-state index is 11.4. The Labute approximate surface area is 124 Å². The number of carbonyl (C=O) groups excluding carboxylic acids is 1. The van der Waals surface area contributed by atoms with E-state index in [-0.39, 0.29) is 10.8 Å². The van der Waals surface area contributed by atoms with Gasteiger partial charge in [0.2, 0.25) is 0 Å². The van der Waals surface area contributed by atoms with Crippen molar-refractivity contribution in [2.45, 2.75) is 31.0 Å². The molecule has 0 aliphatic carbocycles. The first kappa shape index (κ1) is 16.0. The van der Waals surface area contributed by atoms with Gasteiger partial charge >= 0.3 is 5.97 Å². The Morgan fingerprint density at radius 2 is 1.95 bits per heavy atom. The van der Waals surface area contributed by atoms with E-state index in [4.69, 9.17) is 4.74 Å². The molecular formula is C15H22BrNO2. The van der Waals surface area contributed by atoms with Crippen molar-refractivity contribution in [1.82, 2.24) is 0 Å². The van der Waals surface area contributed by atoms with Gasteiger partial charge in [0.05, 0.1) is 6.61 Å². The summed E-state index contributed by atoms with van der Waals surface area (Å²) in [6, 6.07) is 8.52. The van der Waals surface area contributed by atoms with Gasteiger partial charge in [-0.2, -0.15) is 0 Å². The van der Waals surface area contributed by atoms with Crippen molar-refractivity contribution in [2.24, 2.45) is 0 Å². The summed E-state index contributed by atoms with van der Waals surface area (Å²) in [5, 5.41) is 0. The monoisotopic (exact) mass is 327 g/mol. The number of benzene rings is 1. The number of rotatable bonds is 7. The van der Waals surface area contributed by atoms with Crippen LogP contribution in [0.3, 0.4) is 0 Å². The van der Waals surface area contributed by atoms with Crippen LogP contribution < -0.4 is 4.90 Å². The third-order valence-electron chi connectivity index (χ3n) is 2.92. The lowest BCUT2D eigenvalue weighted by molar-refractivity contribution is -0.142. The van der Waals surface area contributed by atoms with Crippen LogP contribution in [-0.2, 0) is 16.0 Å². The molecule has 0 saturated heterocycles. The highest BCUT2D eigenvalue weighted by Crippen LogP contribution is 2.16. The number of nitrogens with zero attached hydrogens (tertiary/aromatic N) is 1. The van der Waals surface area contributed by atoms with Gasteiger partial charge < -0.3 is 9.64 Å². The fourth-order valence-electron chi connectivity index (χ4n) is 1.80. The van der Waals surface area contributed by atoms with Crippen molar-refractivity contribution in [1.29, 1.82) is 0 Å². The van der Waals surface area contributed by atoms with E-state index >= 15 is 0 Å². The zero-order valence-corrected chi connectivity index (χ0v) is 13.4. The van der Waals surface area contributed by atoms with Gasteiger partial charge in [-0.1, -0.05) is 28.1 Å². The van der Waals surface area contributed by atoms with Crippen LogP contribution in [-0.4, -0.2) is 31.5 Å². The van der Waals surface area contributed by atoms with Gasteiger partial charge in [-0.15, -0.1) is 0 Å². The van der Waals surface area contributed by atoms with E-state index in [1.807, 2.05) is 21.0 Å². The van der Waals surface area contributed by atoms with E-state index in [0.29, 0.717) is 6.61 Å². The third-order valence-corrected chi connectivity index (χ3v) is 3.75. The highest BCUT2D eigenvalue weighted by molar-refractivity contribution is 9.10. The summed E-state index contributed by atoms with van der Waals surface area (Å²) < 4.78 is 4.96. The average molecular weight is 328 g/mol. The van der Waals surface area contributed by atoms with Gasteiger partial charge in [0.25, 0.3) is 0 Å². The minimum Gasteiger partial charge on any atom is -0.465 e. The number of hydrogen-bond acceptors (Lipinski definition) is 3. The zero-order valence-electron chi connectivity index (χ0n) is 11.9. The third kappa shape index (κ3) is 5.64. The number of carbonyl (C=O) groups is 1. The SMILES string of the molecule is CCOC(=O)C(Br)CCCc1ccc(N(C)C)cc1. The lowest BCUT2D eigenvalue weighted by Gasteiger charge is -2.13. The van der Waals surface area contributed by atoms with Gasteiger partial charge in [-0.05, 0) is 43.9 Å². The van der Waals surface area contributed by atoms with Gasteiger partial charge in [0.15, 0.2) is 0 Å². The highest BCUT2D eigenvalue weighted by Gasteiger charge is 2.15. The first-order valence-electron chi connectivity index (χ1n) is 6.61. The quantitative estimate of drug-likeness (QED) is 0.567. The summed E-state index contributed by atoms with van der Waals surface area (Å²) in [5.41, 5.74) is 2.50. The molecule has 0 fully saturated rings. The van der Waals surface area contributed by atoms with E-state index in [9.17, 15) is 4.79 Å². The summed E-state index contributed by atoms with van der Waals surface area (Å²) in [5.74, 6) is -0.162. The molecule has 0 spiro atoms. The summed E-state index contributed by atoms with van der Waals surface area (Å²) in [4.78, 5) is 13.3. The Kier molecular flexibility index (Phi) is 6.92. The second kappa shape index (κ2) is 8.20. The predicted molar refractivity (Wildman–Crippen MR) is 83.1 cm³/mol. The Hall–Kier alpha value is -1.03. The molecular weight excluding hydrogens is 306 g/mol. The minimum absolute atomic E-state index is 0.162. The molecule has 3 nitrogen and oxygen atoms in total. The average Bonchev–Trinajstić information content (AvgIpc) is 2.39. The van der Waals surface area contributed by atoms with Crippen molar-refractivity contribution in [3.63, 3.8) is 0 Å². The zero-order chi connectivity index (χ0) is 14.3. The highest BCUT2D eigenvalue weighted by atomic mass is 79.9. The molecule has 1 aromatic rings. The van der Waals surface area contributed by atoms with Crippen LogP contribution in [0.5, 0.6) is 0 Å². The van der Waals surface area contributed by atoms with E-state index in [0.717, 1.165) is 19.3 Å². The lowest BCUT2D eigenvalue weighted by Crippen LogP contribution is -2.17. The van der Waals surface area contributed by atoms with Crippen LogP contribution in [0, 0.1) is 0 Å². The normalized spacial score (nSPS) is 12.0. The minimum atomic E-state index is -0.187. The largest absolute Gasteiger partial charge is 0.465 e. The first-order valence-corrected chi connectivity index (χ1v) is 7.53. The first-order chi connectivity index (χ1) is 9.04. The molecule has 0 amide bonds. The van der Waals surface area contributed by atoms with Crippen LogP contribution in [0.4, 0.5) is 5.69 Å². The van der Waals surface area contributed by atoms with Crippen molar-refractivity contribution < 1.29 is 9.53 Å². The molecule has 0 radical (unpaired) electrons. The lowest BCUT2D eigenvalue weighted by atomic mass is 10.1. The van der Waals surface area contributed by atoms with Crippen molar-refractivity contribution in [3.05, 3.63) is 29.8 Å². The Bertz CT molecular complexity index is 390. The number of alkyl halides is 1. The molecule has 0 heterocycles. The topological polar surface area (TPSA) is 29.5 Å². The molecule has 0 saturated carbocycles. The van der Waals surface area contributed by atoms with E-state index < -0.39 is 0 Å². The molecule has 0 aliphatic rings. The number of hydrogen-bond donors (Lipinski definition) is 0. The fraction of sp³-hybridized carbons (Fsp3) is 0.533. The number of halogens is 1. The van der Waals surface area contributed by atoms with Crippen LogP contribution in [0.2, 0.25) is 0 Å².